The van der Waals surface area contributed by atoms with Crippen LogP contribution in [0.15, 0.2) is 23.0 Å². The fourth-order valence-corrected chi connectivity index (χ4v) is 5.77. The number of allylic oxidation sites excluding steroid dienone is 3. The molecule has 0 aliphatic carbocycles. The van der Waals surface area contributed by atoms with Gasteiger partial charge < -0.3 is 14.6 Å². The maximum Gasteiger partial charge on any atom is 0.316 e. The Kier molecular flexibility index (Phi) is 11.5. The monoisotopic (exact) mass is 533 g/mol. The molecular weight excluding hydrogens is 474 g/mol. The Morgan fingerprint density at radius 2 is 1.55 bits per heavy atom. The number of carbonyl (C=O) groups is 2. The van der Waals surface area contributed by atoms with E-state index in [1.54, 1.807) is 0 Å². The SMILES string of the molecule is CCCCC(C(C)/C=C(\C(O)=C(/C)C(C)(C)C)C(C)(C)C)C(C=O)C(=O)OC1CC(C)(C)N(C)C(C)(C)C1. The summed E-state index contributed by atoms with van der Waals surface area (Å²) in [6.07, 6.45) is 6.78. The molecule has 0 aromatic carbocycles. The number of carbonyl (C=O) groups excluding carboxylic acids is 2. The first-order valence-electron chi connectivity index (χ1n) is 14.6. The predicted octanol–water partition coefficient (Wildman–Crippen LogP) is 8.29. The third kappa shape index (κ3) is 8.69. The highest BCUT2D eigenvalue weighted by molar-refractivity contribution is 5.88. The molecule has 1 N–H and O–H groups in total. The molecule has 3 atom stereocenters. The highest BCUT2D eigenvalue weighted by Gasteiger charge is 2.45. The number of likely N-dealkylation sites (tertiary alicyclic amines) is 1. The highest BCUT2D eigenvalue weighted by Crippen LogP contribution is 2.41. The van der Waals surface area contributed by atoms with E-state index in [-0.39, 0.29) is 39.8 Å². The number of ether oxygens (including phenoxy) is 1. The van der Waals surface area contributed by atoms with Crippen molar-refractivity contribution in [2.45, 2.75) is 139 Å². The molecule has 5 nitrogen and oxygen atoms in total. The minimum atomic E-state index is -0.838. The van der Waals surface area contributed by atoms with Gasteiger partial charge in [0.05, 0.1) is 0 Å². The standard InChI is InChI=1S/C33H59NO4/c1-15-16-17-25(22(2)18-27(31(7,8)9)28(36)23(3)30(4,5)6)26(21-35)29(37)38-24-19-32(10,11)34(14)33(12,13)20-24/h18,21-22,24-26,36H,15-17,19-20H2,1-14H3/b27-18+,28-23-. The summed E-state index contributed by atoms with van der Waals surface area (Å²) in [7, 11) is 2.12. The van der Waals surface area contributed by atoms with Crippen molar-refractivity contribution in [2.24, 2.45) is 28.6 Å². The molecule has 0 amide bonds. The van der Waals surface area contributed by atoms with Gasteiger partial charge in [-0.2, -0.15) is 0 Å². The number of piperidine rings is 1. The number of aliphatic hydroxyl groups excluding tert-OH is 1. The predicted molar refractivity (Wildman–Crippen MR) is 159 cm³/mol. The number of nitrogens with zero attached hydrogens (tertiary/aromatic N) is 1. The van der Waals surface area contributed by atoms with Crippen LogP contribution in [-0.4, -0.2) is 46.5 Å². The molecule has 0 spiro atoms. The minimum Gasteiger partial charge on any atom is -0.508 e. The number of hydrogen-bond donors (Lipinski definition) is 1. The van der Waals surface area contributed by atoms with E-state index in [2.05, 4.69) is 101 Å². The molecule has 1 rings (SSSR count). The molecule has 0 saturated carbocycles. The van der Waals surface area contributed by atoms with Gasteiger partial charge in [0.25, 0.3) is 0 Å². The molecule has 0 bridgehead atoms. The topological polar surface area (TPSA) is 66.8 Å². The minimum absolute atomic E-state index is 0.0983. The fraction of sp³-hybridized carbons (Fsp3) is 0.818. The lowest BCUT2D eigenvalue weighted by atomic mass is 9.74. The molecule has 220 valence electrons. The van der Waals surface area contributed by atoms with E-state index in [0.717, 1.165) is 49.5 Å². The van der Waals surface area contributed by atoms with Gasteiger partial charge in [-0.05, 0) is 81.9 Å². The van der Waals surface area contributed by atoms with Gasteiger partial charge in [0.1, 0.15) is 24.1 Å². The van der Waals surface area contributed by atoms with Gasteiger partial charge in [-0.3, -0.25) is 9.69 Å². The molecule has 5 heteroatoms. The van der Waals surface area contributed by atoms with Gasteiger partial charge in [-0.1, -0.05) is 74.3 Å². The number of unbranched alkanes of at least 4 members (excludes halogenated alkanes) is 1. The lowest BCUT2D eigenvalue weighted by Gasteiger charge is -2.53. The quantitative estimate of drug-likeness (QED) is 0.101. The molecule has 0 aromatic rings. The molecule has 1 heterocycles. The van der Waals surface area contributed by atoms with Crippen LogP contribution in [0.5, 0.6) is 0 Å². The second-order valence-corrected chi connectivity index (χ2v) is 15.0. The van der Waals surface area contributed by atoms with E-state index in [9.17, 15) is 14.7 Å². The normalized spacial score (nSPS) is 22.3. The number of hydrogen-bond acceptors (Lipinski definition) is 5. The van der Waals surface area contributed by atoms with Crippen LogP contribution in [0.3, 0.4) is 0 Å². The number of esters is 1. The maximum absolute atomic E-state index is 13.6. The third-order valence-corrected chi connectivity index (χ3v) is 8.97. The van der Waals surface area contributed by atoms with Gasteiger partial charge in [0, 0.05) is 23.9 Å². The molecule has 1 fully saturated rings. The summed E-state index contributed by atoms with van der Waals surface area (Å²) in [6.45, 7) is 27.4. The lowest BCUT2D eigenvalue weighted by molar-refractivity contribution is -0.166. The Morgan fingerprint density at radius 3 is 1.95 bits per heavy atom. The second kappa shape index (κ2) is 12.7. The van der Waals surface area contributed by atoms with Crippen LogP contribution in [0.25, 0.3) is 0 Å². The van der Waals surface area contributed by atoms with Crippen molar-refractivity contribution >= 4 is 12.3 Å². The maximum atomic E-state index is 13.6. The summed E-state index contributed by atoms with van der Waals surface area (Å²) in [6, 6.07) is 0. The average molecular weight is 534 g/mol. The van der Waals surface area contributed by atoms with Crippen molar-refractivity contribution in [3.63, 3.8) is 0 Å². The van der Waals surface area contributed by atoms with Crippen LogP contribution < -0.4 is 0 Å². The van der Waals surface area contributed by atoms with Crippen LogP contribution in [0.2, 0.25) is 0 Å². The summed E-state index contributed by atoms with van der Waals surface area (Å²) in [4.78, 5) is 28.4. The summed E-state index contributed by atoms with van der Waals surface area (Å²) in [5.74, 6) is -1.24. The molecular formula is C33H59NO4. The van der Waals surface area contributed by atoms with E-state index in [0.29, 0.717) is 5.76 Å². The van der Waals surface area contributed by atoms with Gasteiger partial charge in [0.15, 0.2) is 0 Å². The van der Waals surface area contributed by atoms with E-state index < -0.39 is 11.9 Å². The summed E-state index contributed by atoms with van der Waals surface area (Å²) < 4.78 is 6.10. The van der Waals surface area contributed by atoms with E-state index in [1.807, 2.05) is 6.92 Å². The zero-order valence-electron chi connectivity index (χ0n) is 27.1. The van der Waals surface area contributed by atoms with Gasteiger partial charge >= 0.3 is 5.97 Å². The van der Waals surface area contributed by atoms with E-state index in [4.69, 9.17) is 4.74 Å². The number of rotatable bonds is 10. The van der Waals surface area contributed by atoms with Crippen molar-refractivity contribution in [3.05, 3.63) is 23.0 Å². The van der Waals surface area contributed by atoms with Crippen LogP contribution in [0.4, 0.5) is 0 Å². The summed E-state index contributed by atoms with van der Waals surface area (Å²) in [5, 5.41) is 11.3. The van der Waals surface area contributed by atoms with Crippen LogP contribution in [0, 0.1) is 28.6 Å². The zero-order valence-corrected chi connectivity index (χ0v) is 27.1. The molecule has 1 saturated heterocycles. The Morgan fingerprint density at radius 1 is 1.05 bits per heavy atom. The summed E-state index contributed by atoms with van der Waals surface area (Å²) in [5.41, 5.74) is 1.08. The van der Waals surface area contributed by atoms with Crippen LogP contribution >= 0.6 is 0 Å². The van der Waals surface area contributed by atoms with Crippen molar-refractivity contribution in [2.75, 3.05) is 7.05 Å². The van der Waals surface area contributed by atoms with Crippen LogP contribution in [0.1, 0.15) is 122 Å². The van der Waals surface area contributed by atoms with Crippen molar-refractivity contribution in [3.8, 4) is 0 Å². The first-order valence-corrected chi connectivity index (χ1v) is 14.6. The fourth-order valence-electron chi connectivity index (χ4n) is 5.77. The molecule has 1 aliphatic heterocycles. The summed E-state index contributed by atoms with van der Waals surface area (Å²) >= 11 is 0. The van der Waals surface area contributed by atoms with Crippen molar-refractivity contribution in [1.82, 2.24) is 4.90 Å². The lowest BCUT2D eigenvalue weighted by Crippen LogP contribution is -2.60. The van der Waals surface area contributed by atoms with Crippen molar-refractivity contribution < 1.29 is 19.4 Å². The van der Waals surface area contributed by atoms with Gasteiger partial charge in [0.2, 0.25) is 0 Å². The first kappa shape index (κ1) is 34.4. The Balaban J connectivity index is 3.40. The highest BCUT2D eigenvalue weighted by atomic mass is 16.5. The first-order chi connectivity index (χ1) is 17.1. The Bertz CT molecular complexity index is 864. The Labute approximate surface area is 234 Å². The average Bonchev–Trinajstić information content (AvgIpc) is 2.75. The molecule has 38 heavy (non-hydrogen) atoms. The number of aldehydes is 1. The molecule has 1 aliphatic rings. The molecule has 0 aromatic heterocycles. The molecule has 0 radical (unpaired) electrons. The van der Waals surface area contributed by atoms with Gasteiger partial charge in [-0.25, -0.2) is 0 Å². The smallest absolute Gasteiger partial charge is 0.316 e. The second-order valence-electron chi connectivity index (χ2n) is 15.0. The molecule has 3 unspecified atom stereocenters. The van der Waals surface area contributed by atoms with Crippen LogP contribution in [-0.2, 0) is 14.3 Å². The third-order valence-electron chi connectivity index (χ3n) is 8.97. The van der Waals surface area contributed by atoms with Crippen molar-refractivity contribution in [1.29, 1.82) is 0 Å². The van der Waals surface area contributed by atoms with E-state index >= 15 is 0 Å². The zero-order chi connectivity index (χ0) is 29.9. The van der Waals surface area contributed by atoms with Gasteiger partial charge in [-0.15, -0.1) is 0 Å². The van der Waals surface area contributed by atoms with E-state index in [1.165, 1.54) is 0 Å². The Hall–Kier alpha value is -1.62. The number of aliphatic hydroxyl groups is 1. The largest absolute Gasteiger partial charge is 0.508 e.